The molecule has 114 valence electrons. The highest BCUT2D eigenvalue weighted by atomic mass is 16.6. The lowest BCUT2D eigenvalue weighted by Gasteiger charge is -2.19. The highest BCUT2D eigenvalue weighted by molar-refractivity contribution is 5.67. The maximum atomic E-state index is 11.4. The van der Waals surface area contributed by atoms with Gasteiger partial charge in [0.15, 0.2) is 5.65 Å². The molecule has 0 spiro atoms. The molecule has 0 fully saturated rings. The van der Waals surface area contributed by atoms with Gasteiger partial charge in [-0.05, 0) is 39.3 Å². The van der Waals surface area contributed by atoms with E-state index in [1.54, 1.807) is 4.52 Å². The van der Waals surface area contributed by atoms with Crippen molar-refractivity contribution in [2.45, 2.75) is 32.8 Å². The minimum atomic E-state index is -0.469. The van der Waals surface area contributed by atoms with Gasteiger partial charge in [0.25, 0.3) is 0 Å². The van der Waals surface area contributed by atoms with Crippen molar-refractivity contribution in [1.82, 2.24) is 19.9 Å². The third kappa shape index (κ3) is 4.94. The van der Waals surface area contributed by atoms with E-state index in [1.807, 2.05) is 45.2 Å². The number of rotatable bonds is 5. The quantitative estimate of drug-likeness (QED) is 0.824. The molecule has 0 aliphatic carbocycles. The lowest BCUT2D eigenvalue weighted by Crippen LogP contribution is -2.33. The summed E-state index contributed by atoms with van der Waals surface area (Å²) in [5, 5.41) is 10.1. The molecule has 1 amide bonds. The Balaban J connectivity index is 1.67. The fourth-order valence-corrected chi connectivity index (χ4v) is 1.70. The number of carbonyl (C=O) groups is 1. The lowest BCUT2D eigenvalue weighted by molar-refractivity contribution is 0.0528. The topological polar surface area (TPSA) is 80.5 Å². The van der Waals surface area contributed by atoms with Crippen LogP contribution in [0, 0.1) is 0 Å². The fraction of sp³-hybridized carbons (Fsp3) is 0.500. The Morgan fingerprint density at radius 1 is 1.33 bits per heavy atom. The molecule has 0 bridgehead atoms. The van der Waals surface area contributed by atoms with Crippen LogP contribution in [0.1, 0.15) is 27.2 Å². The molecule has 2 rings (SSSR count). The Labute approximate surface area is 123 Å². The number of amides is 1. The summed E-state index contributed by atoms with van der Waals surface area (Å²) in [4.78, 5) is 15.8. The SMILES string of the molecule is CC(C)(C)OC(=O)NCCCNc1nc2ccccn2n1. The minimum Gasteiger partial charge on any atom is -0.444 e. The van der Waals surface area contributed by atoms with Crippen LogP contribution in [0.25, 0.3) is 5.65 Å². The van der Waals surface area contributed by atoms with Crippen molar-refractivity contribution in [1.29, 1.82) is 0 Å². The number of pyridine rings is 1. The smallest absolute Gasteiger partial charge is 0.407 e. The monoisotopic (exact) mass is 291 g/mol. The van der Waals surface area contributed by atoms with E-state index in [2.05, 4.69) is 20.7 Å². The molecule has 0 aromatic carbocycles. The molecule has 0 aliphatic heterocycles. The summed E-state index contributed by atoms with van der Waals surface area (Å²) in [6.07, 6.45) is 2.21. The highest BCUT2D eigenvalue weighted by Gasteiger charge is 2.15. The Hall–Kier alpha value is -2.31. The zero-order chi connectivity index (χ0) is 15.3. The van der Waals surface area contributed by atoms with Crippen molar-refractivity contribution in [3.05, 3.63) is 24.4 Å². The highest BCUT2D eigenvalue weighted by Crippen LogP contribution is 2.06. The number of alkyl carbamates (subject to hydrolysis) is 1. The van der Waals surface area contributed by atoms with Crippen LogP contribution in [-0.4, -0.2) is 39.4 Å². The molecule has 0 radical (unpaired) electrons. The van der Waals surface area contributed by atoms with E-state index in [4.69, 9.17) is 4.74 Å². The van der Waals surface area contributed by atoms with Gasteiger partial charge in [0, 0.05) is 19.3 Å². The van der Waals surface area contributed by atoms with Gasteiger partial charge in [-0.25, -0.2) is 9.31 Å². The normalized spacial score (nSPS) is 11.4. The summed E-state index contributed by atoms with van der Waals surface area (Å²) in [5.41, 5.74) is 0.329. The molecule has 21 heavy (non-hydrogen) atoms. The summed E-state index contributed by atoms with van der Waals surface area (Å²) in [6, 6.07) is 5.71. The van der Waals surface area contributed by atoms with Crippen molar-refractivity contribution < 1.29 is 9.53 Å². The average molecular weight is 291 g/mol. The Morgan fingerprint density at radius 3 is 2.86 bits per heavy atom. The lowest BCUT2D eigenvalue weighted by atomic mass is 10.2. The van der Waals surface area contributed by atoms with Crippen molar-refractivity contribution >= 4 is 17.7 Å². The Bertz CT molecular complexity index is 570. The fourth-order valence-electron chi connectivity index (χ4n) is 1.70. The number of ether oxygens (including phenoxy) is 1. The van der Waals surface area contributed by atoms with Crippen LogP contribution >= 0.6 is 0 Å². The number of fused-ring (bicyclic) bond motifs is 1. The zero-order valence-corrected chi connectivity index (χ0v) is 12.6. The van der Waals surface area contributed by atoms with Crippen LogP contribution in [0.5, 0.6) is 0 Å². The van der Waals surface area contributed by atoms with Gasteiger partial charge in [-0.1, -0.05) is 6.07 Å². The molecular weight excluding hydrogens is 270 g/mol. The van der Waals surface area contributed by atoms with Gasteiger partial charge in [0.05, 0.1) is 0 Å². The third-order valence-corrected chi connectivity index (χ3v) is 2.55. The third-order valence-electron chi connectivity index (χ3n) is 2.55. The van der Waals surface area contributed by atoms with E-state index < -0.39 is 11.7 Å². The first-order chi connectivity index (χ1) is 9.94. The second kappa shape index (κ2) is 6.43. The zero-order valence-electron chi connectivity index (χ0n) is 12.6. The van der Waals surface area contributed by atoms with Crippen LogP contribution in [0.15, 0.2) is 24.4 Å². The molecule has 0 unspecified atom stereocenters. The van der Waals surface area contributed by atoms with Crippen molar-refractivity contribution in [3.8, 4) is 0 Å². The van der Waals surface area contributed by atoms with Gasteiger partial charge in [-0.3, -0.25) is 0 Å². The van der Waals surface area contributed by atoms with Crippen LogP contribution in [0.4, 0.5) is 10.7 Å². The molecule has 2 N–H and O–H groups in total. The van der Waals surface area contributed by atoms with E-state index in [1.165, 1.54) is 0 Å². The summed E-state index contributed by atoms with van der Waals surface area (Å²) in [6.45, 7) is 6.72. The minimum absolute atomic E-state index is 0.395. The molecular formula is C14H21N5O2. The number of nitrogens with one attached hydrogen (secondary N) is 2. The van der Waals surface area contributed by atoms with Crippen LogP contribution in [0.2, 0.25) is 0 Å². The number of carbonyl (C=O) groups excluding carboxylic acids is 1. The van der Waals surface area contributed by atoms with Crippen LogP contribution in [-0.2, 0) is 4.74 Å². The molecule has 0 saturated carbocycles. The summed E-state index contributed by atoms with van der Waals surface area (Å²) in [5.74, 6) is 0.582. The molecule has 0 saturated heterocycles. The second-order valence-electron chi connectivity index (χ2n) is 5.65. The Kier molecular flexibility index (Phi) is 4.62. The summed E-state index contributed by atoms with van der Waals surface area (Å²) >= 11 is 0. The number of hydrogen-bond acceptors (Lipinski definition) is 5. The van der Waals surface area contributed by atoms with Crippen LogP contribution in [0.3, 0.4) is 0 Å². The van der Waals surface area contributed by atoms with Crippen LogP contribution < -0.4 is 10.6 Å². The maximum Gasteiger partial charge on any atom is 0.407 e. The summed E-state index contributed by atoms with van der Waals surface area (Å²) in [7, 11) is 0. The predicted molar refractivity (Wildman–Crippen MR) is 80.3 cm³/mol. The molecule has 0 atom stereocenters. The number of nitrogens with zero attached hydrogens (tertiary/aromatic N) is 3. The van der Waals surface area contributed by atoms with Crippen molar-refractivity contribution in [2.24, 2.45) is 0 Å². The van der Waals surface area contributed by atoms with E-state index in [9.17, 15) is 4.79 Å². The number of hydrogen-bond donors (Lipinski definition) is 2. The largest absolute Gasteiger partial charge is 0.444 e. The predicted octanol–water partition coefficient (Wildman–Crippen LogP) is 2.06. The number of aromatic nitrogens is 3. The van der Waals surface area contributed by atoms with Gasteiger partial charge in [-0.15, -0.1) is 5.10 Å². The molecule has 7 heteroatoms. The van der Waals surface area contributed by atoms with Gasteiger partial charge in [0.2, 0.25) is 5.95 Å². The van der Waals surface area contributed by atoms with Gasteiger partial charge < -0.3 is 15.4 Å². The number of anilines is 1. The molecule has 7 nitrogen and oxygen atoms in total. The first-order valence-electron chi connectivity index (χ1n) is 6.96. The molecule has 0 aliphatic rings. The van der Waals surface area contributed by atoms with E-state index in [-0.39, 0.29) is 0 Å². The van der Waals surface area contributed by atoms with Gasteiger partial charge in [-0.2, -0.15) is 4.98 Å². The average Bonchev–Trinajstić information content (AvgIpc) is 2.78. The van der Waals surface area contributed by atoms with Gasteiger partial charge in [0.1, 0.15) is 5.60 Å². The molecule has 2 aromatic heterocycles. The first kappa shape index (κ1) is 15.1. The van der Waals surface area contributed by atoms with Crippen molar-refractivity contribution in [3.63, 3.8) is 0 Å². The van der Waals surface area contributed by atoms with Crippen molar-refractivity contribution in [2.75, 3.05) is 18.4 Å². The first-order valence-corrected chi connectivity index (χ1v) is 6.96. The Morgan fingerprint density at radius 2 is 2.14 bits per heavy atom. The van der Waals surface area contributed by atoms with E-state index in [0.29, 0.717) is 19.0 Å². The summed E-state index contributed by atoms with van der Waals surface area (Å²) < 4.78 is 6.85. The maximum absolute atomic E-state index is 11.4. The molecule has 2 aromatic rings. The van der Waals surface area contributed by atoms with Gasteiger partial charge >= 0.3 is 6.09 Å². The standard InChI is InChI=1S/C14H21N5O2/c1-14(2,3)21-13(20)16-9-6-8-15-12-17-11-7-4-5-10-19(11)18-12/h4-5,7,10H,6,8-9H2,1-3H3,(H,15,18)(H,16,20). The van der Waals surface area contributed by atoms with E-state index >= 15 is 0 Å². The van der Waals surface area contributed by atoms with E-state index in [0.717, 1.165) is 12.1 Å². The second-order valence-corrected chi connectivity index (χ2v) is 5.65. The molecule has 2 heterocycles.